The van der Waals surface area contributed by atoms with Gasteiger partial charge in [-0.15, -0.1) is 11.3 Å². The minimum Gasteiger partial charge on any atom is -0.477 e. The molecule has 6 nitrogen and oxygen atoms in total. The van der Waals surface area contributed by atoms with E-state index in [0.717, 1.165) is 15.6 Å². The van der Waals surface area contributed by atoms with Crippen LogP contribution in [0.2, 0.25) is 0 Å². The Hall–Kier alpha value is -0.960. The van der Waals surface area contributed by atoms with Crippen LogP contribution in [0.5, 0.6) is 0 Å². The number of sulfonamides is 1. The summed E-state index contributed by atoms with van der Waals surface area (Å²) in [5.74, 6) is -1.27. The topological polar surface area (TPSA) is 94.9 Å². The van der Waals surface area contributed by atoms with Crippen LogP contribution in [-0.2, 0) is 10.0 Å². The Kier molecular flexibility index (Phi) is 4.72. The molecule has 0 aliphatic carbocycles. The van der Waals surface area contributed by atoms with E-state index in [-0.39, 0.29) is 22.9 Å². The number of carboxylic acids is 1. The molecule has 0 aromatic carbocycles. The maximum absolute atomic E-state index is 12.4. The molecule has 8 heteroatoms. The lowest BCUT2D eigenvalue weighted by molar-refractivity contribution is 0.0601. The fraction of sp³-hybridized carbons (Fsp3) is 0.545. The molecular formula is C11H17NO5S2. The third kappa shape index (κ3) is 3.75. The predicted molar refractivity (Wildman–Crippen MR) is 72.0 cm³/mol. The van der Waals surface area contributed by atoms with Crippen molar-refractivity contribution in [2.24, 2.45) is 0 Å². The van der Waals surface area contributed by atoms with Crippen LogP contribution in [0.4, 0.5) is 0 Å². The van der Waals surface area contributed by atoms with Crippen LogP contribution >= 0.6 is 11.3 Å². The van der Waals surface area contributed by atoms with Crippen molar-refractivity contribution in [3.63, 3.8) is 0 Å². The molecule has 0 aliphatic rings. The predicted octanol–water partition coefficient (Wildman–Crippen LogP) is 1.23. The monoisotopic (exact) mass is 307 g/mol. The van der Waals surface area contributed by atoms with Crippen LogP contribution in [0, 0.1) is 0 Å². The molecule has 0 amide bonds. The highest BCUT2D eigenvalue weighted by molar-refractivity contribution is 7.89. The molecule has 1 aromatic rings. The Morgan fingerprint density at radius 1 is 1.47 bits per heavy atom. The number of hydrogen-bond acceptors (Lipinski definition) is 5. The van der Waals surface area contributed by atoms with Gasteiger partial charge in [-0.05, 0) is 25.3 Å². The van der Waals surface area contributed by atoms with Crippen molar-refractivity contribution in [3.05, 3.63) is 16.3 Å². The van der Waals surface area contributed by atoms with Gasteiger partial charge in [-0.3, -0.25) is 0 Å². The summed E-state index contributed by atoms with van der Waals surface area (Å²) in [5, 5.41) is 20.1. The third-order valence-electron chi connectivity index (χ3n) is 2.36. The van der Waals surface area contributed by atoms with Gasteiger partial charge in [-0.1, -0.05) is 6.92 Å². The second kappa shape index (κ2) is 5.58. The van der Waals surface area contributed by atoms with Crippen LogP contribution in [-0.4, -0.2) is 47.6 Å². The molecule has 0 saturated heterocycles. The van der Waals surface area contributed by atoms with Crippen LogP contribution in [0.1, 0.15) is 30.4 Å². The highest BCUT2D eigenvalue weighted by Gasteiger charge is 2.32. The molecule has 0 bridgehead atoms. The molecule has 1 rings (SSSR count). The highest BCUT2D eigenvalue weighted by atomic mass is 32.2. The third-order valence-corrected chi connectivity index (χ3v) is 5.35. The second-order valence-corrected chi connectivity index (χ2v) is 7.49. The minimum atomic E-state index is -3.91. The molecule has 2 N–H and O–H groups in total. The fourth-order valence-corrected chi connectivity index (χ4v) is 4.43. The number of carbonyl (C=O) groups is 1. The van der Waals surface area contributed by atoms with Gasteiger partial charge in [0, 0.05) is 13.1 Å². The Morgan fingerprint density at radius 3 is 2.47 bits per heavy atom. The first-order valence-electron chi connectivity index (χ1n) is 5.63. The van der Waals surface area contributed by atoms with Gasteiger partial charge in [0.2, 0.25) is 10.0 Å². The summed E-state index contributed by atoms with van der Waals surface area (Å²) in [6.07, 6.45) is 0. The van der Waals surface area contributed by atoms with E-state index in [1.54, 1.807) is 6.92 Å². The van der Waals surface area contributed by atoms with E-state index in [1.807, 2.05) is 0 Å². The molecule has 0 unspecified atom stereocenters. The van der Waals surface area contributed by atoms with E-state index in [9.17, 15) is 18.3 Å². The number of nitrogens with zero attached hydrogens (tertiary/aromatic N) is 1. The highest BCUT2D eigenvalue weighted by Crippen LogP contribution is 2.26. The molecule has 0 atom stereocenters. The number of carboxylic acid groups (broad SMARTS) is 1. The van der Waals surface area contributed by atoms with Crippen molar-refractivity contribution in [2.75, 3.05) is 13.1 Å². The second-order valence-electron chi connectivity index (χ2n) is 4.66. The molecule has 0 aliphatic heterocycles. The van der Waals surface area contributed by atoms with E-state index in [1.165, 1.54) is 25.3 Å². The number of likely N-dealkylation sites (N-methyl/N-ethyl adjacent to an activating group) is 1. The van der Waals surface area contributed by atoms with E-state index in [2.05, 4.69) is 0 Å². The number of aliphatic hydroxyl groups is 1. The first-order chi connectivity index (χ1) is 8.59. The summed E-state index contributed by atoms with van der Waals surface area (Å²) in [7, 11) is -3.91. The molecule has 0 saturated carbocycles. The molecular weight excluding hydrogens is 290 g/mol. The van der Waals surface area contributed by atoms with E-state index < -0.39 is 21.6 Å². The van der Waals surface area contributed by atoms with Crippen LogP contribution < -0.4 is 0 Å². The quantitative estimate of drug-likeness (QED) is 0.824. The first kappa shape index (κ1) is 16.1. The van der Waals surface area contributed by atoms with Gasteiger partial charge in [0.1, 0.15) is 9.77 Å². The maximum atomic E-state index is 12.4. The molecule has 0 spiro atoms. The zero-order chi connectivity index (χ0) is 14.8. The number of rotatable bonds is 6. The lowest BCUT2D eigenvalue weighted by atomic mass is 10.1. The molecule has 1 aromatic heterocycles. The van der Waals surface area contributed by atoms with Gasteiger partial charge in [-0.25, -0.2) is 13.2 Å². The Bertz CT molecular complexity index is 556. The van der Waals surface area contributed by atoms with Crippen molar-refractivity contribution in [1.29, 1.82) is 0 Å². The van der Waals surface area contributed by atoms with Crippen LogP contribution in [0.15, 0.2) is 16.3 Å². The molecule has 0 fully saturated rings. The van der Waals surface area contributed by atoms with Crippen LogP contribution in [0.3, 0.4) is 0 Å². The summed E-state index contributed by atoms with van der Waals surface area (Å²) < 4.78 is 25.8. The summed E-state index contributed by atoms with van der Waals surface area (Å²) in [6.45, 7) is 4.69. The van der Waals surface area contributed by atoms with Gasteiger partial charge in [-0.2, -0.15) is 4.31 Å². The Morgan fingerprint density at radius 2 is 2.05 bits per heavy atom. The number of aromatic carboxylic acids is 1. The summed E-state index contributed by atoms with van der Waals surface area (Å²) in [6, 6.07) is 1.27. The van der Waals surface area contributed by atoms with Gasteiger partial charge < -0.3 is 10.2 Å². The Labute approximate surface area is 116 Å². The molecule has 108 valence electrons. The smallest absolute Gasteiger partial charge is 0.347 e. The fourth-order valence-electron chi connectivity index (χ4n) is 1.59. The average molecular weight is 307 g/mol. The van der Waals surface area contributed by atoms with Gasteiger partial charge in [0.25, 0.3) is 0 Å². The van der Waals surface area contributed by atoms with Crippen molar-refractivity contribution >= 4 is 27.3 Å². The maximum Gasteiger partial charge on any atom is 0.347 e. The molecule has 19 heavy (non-hydrogen) atoms. The summed E-state index contributed by atoms with van der Waals surface area (Å²) in [4.78, 5) is 10.6. The lowest BCUT2D eigenvalue weighted by Gasteiger charge is -2.27. The lowest BCUT2D eigenvalue weighted by Crippen LogP contribution is -2.42. The normalized spacial score (nSPS) is 12.9. The van der Waals surface area contributed by atoms with Gasteiger partial charge in [0.15, 0.2) is 0 Å². The standard InChI is InChI=1S/C11H17NO5S2/c1-4-12(7-11(2,3)15)19(16,17)8-5-6-18-9(8)10(13)14/h5-6,15H,4,7H2,1-3H3,(H,13,14). The number of hydrogen-bond donors (Lipinski definition) is 2. The average Bonchev–Trinajstić information content (AvgIpc) is 2.73. The van der Waals surface area contributed by atoms with Crippen molar-refractivity contribution in [2.45, 2.75) is 31.3 Å². The number of thiophene rings is 1. The van der Waals surface area contributed by atoms with E-state index in [4.69, 9.17) is 5.11 Å². The van der Waals surface area contributed by atoms with Gasteiger partial charge >= 0.3 is 5.97 Å². The minimum absolute atomic E-state index is 0.0965. The zero-order valence-corrected chi connectivity index (χ0v) is 12.6. The van der Waals surface area contributed by atoms with Crippen LogP contribution in [0.25, 0.3) is 0 Å². The zero-order valence-electron chi connectivity index (χ0n) is 11.0. The summed E-state index contributed by atoms with van der Waals surface area (Å²) >= 11 is 0.863. The SMILES string of the molecule is CCN(CC(C)(C)O)S(=O)(=O)c1ccsc1C(=O)O. The van der Waals surface area contributed by atoms with E-state index in [0.29, 0.717) is 0 Å². The Balaban J connectivity index is 3.21. The molecule has 0 radical (unpaired) electrons. The summed E-state index contributed by atoms with van der Waals surface area (Å²) in [5.41, 5.74) is -1.19. The first-order valence-corrected chi connectivity index (χ1v) is 7.95. The van der Waals surface area contributed by atoms with Crippen molar-refractivity contribution in [3.8, 4) is 0 Å². The van der Waals surface area contributed by atoms with Crippen molar-refractivity contribution < 1.29 is 23.4 Å². The largest absolute Gasteiger partial charge is 0.477 e. The molecule has 1 heterocycles. The van der Waals surface area contributed by atoms with E-state index >= 15 is 0 Å². The van der Waals surface area contributed by atoms with Crippen molar-refractivity contribution in [1.82, 2.24) is 4.31 Å². The van der Waals surface area contributed by atoms with Gasteiger partial charge in [0.05, 0.1) is 5.60 Å².